The molecule has 0 saturated carbocycles. The van der Waals surface area contributed by atoms with E-state index in [9.17, 15) is 9.59 Å². The van der Waals surface area contributed by atoms with Crippen molar-refractivity contribution in [2.24, 2.45) is 0 Å². The van der Waals surface area contributed by atoms with E-state index in [1.165, 1.54) is 12.6 Å². The maximum Gasteiger partial charge on any atom is 0.322 e. The molecule has 1 aliphatic rings. The molecule has 0 spiro atoms. The van der Waals surface area contributed by atoms with E-state index in [-0.39, 0.29) is 12.5 Å². The number of nitrogens with zero attached hydrogens (tertiary/aromatic N) is 2. The molecule has 21 heavy (non-hydrogen) atoms. The van der Waals surface area contributed by atoms with E-state index in [2.05, 4.69) is 17.2 Å². The van der Waals surface area contributed by atoms with Crippen molar-refractivity contribution < 1.29 is 14.7 Å². The number of carboxylic acids is 1. The molecule has 2 rings (SSSR count). The molecule has 1 saturated heterocycles. The monoisotopic (exact) mass is 291 g/mol. The van der Waals surface area contributed by atoms with Crippen molar-refractivity contribution in [3.63, 3.8) is 0 Å². The van der Waals surface area contributed by atoms with Gasteiger partial charge in [-0.1, -0.05) is 6.92 Å². The first-order chi connectivity index (χ1) is 10.1. The Labute approximate surface area is 124 Å². The Kier molecular flexibility index (Phi) is 5.14. The summed E-state index contributed by atoms with van der Waals surface area (Å²) in [7, 11) is 0. The van der Waals surface area contributed by atoms with Crippen LogP contribution in [-0.4, -0.2) is 39.6 Å². The third kappa shape index (κ3) is 4.18. The number of nitrogens with one attached hydrogen (secondary N) is 1. The van der Waals surface area contributed by atoms with E-state index >= 15 is 0 Å². The molecular formula is C15H21N3O3. The molecule has 6 heteroatoms. The normalized spacial score (nSPS) is 18.3. The summed E-state index contributed by atoms with van der Waals surface area (Å²) < 4.78 is 0. The second-order valence-electron chi connectivity index (χ2n) is 5.29. The highest BCUT2D eigenvalue weighted by atomic mass is 16.4. The van der Waals surface area contributed by atoms with Crippen LogP contribution in [0.1, 0.15) is 38.3 Å². The smallest absolute Gasteiger partial charge is 0.322 e. The highest BCUT2D eigenvalue weighted by Gasteiger charge is 2.25. The van der Waals surface area contributed by atoms with Gasteiger partial charge in [-0.2, -0.15) is 0 Å². The van der Waals surface area contributed by atoms with Crippen LogP contribution in [0.25, 0.3) is 0 Å². The number of aliphatic carboxylic acids is 1. The third-order valence-electron chi connectivity index (χ3n) is 3.77. The Morgan fingerprint density at radius 2 is 2.24 bits per heavy atom. The molecule has 1 aliphatic heterocycles. The van der Waals surface area contributed by atoms with E-state index in [0.717, 1.165) is 25.8 Å². The standard InChI is InChI=1S/C15H21N3O3/c1-2-13-5-3-4-8-18(13)15(21)17-12-7-6-11(16-10-12)9-14(19)20/h6-7,10,13H,2-5,8-9H2,1H3,(H,17,21)(H,19,20). The van der Waals surface area contributed by atoms with Crippen molar-refractivity contribution in [1.29, 1.82) is 0 Å². The number of carbonyl (C=O) groups excluding carboxylic acids is 1. The summed E-state index contributed by atoms with van der Waals surface area (Å²) in [6.45, 7) is 2.88. The number of rotatable bonds is 4. The van der Waals surface area contributed by atoms with Gasteiger partial charge in [-0.05, 0) is 37.8 Å². The van der Waals surface area contributed by atoms with Crippen LogP contribution in [0, 0.1) is 0 Å². The summed E-state index contributed by atoms with van der Waals surface area (Å²) in [6, 6.07) is 3.51. The van der Waals surface area contributed by atoms with Crippen molar-refractivity contribution >= 4 is 17.7 Å². The lowest BCUT2D eigenvalue weighted by Gasteiger charge is -2.35. The van der Waals surface area contributed by atoms with Crippen molar-refractivity contribution in [2.45, 2.75) is 45.1 Å². The van der Waals surface area contributed by atoms with Crippen LogP contribution in [0.5, 0.6) is 0 Å². The molecule has 1 aromatic rings. The summed E-state index contributed by atoms with van der Waals surface area (Å²) >= 11 is 0. The van der Waals surface area contributed by atoms with E-state index in [1.54, 1.807) is 12.1 Å². The fourth-order valence-electron chi connectivity index (χ4n) is 2.65. The Morgan fingerprint density at radius 1 is 1.43 bits per heavy atom. The zero-order valence-corrected chi connectivity index (χ0v) is 12.2. The number of carboxylic acid groups (broad SMARTS) is 1. The highest BCUT2D eigenvalue weighted by Crippen LogP contribution is 2.20. The second kappa shape index (κ2) is 7.06. The largest absolute Gasteiger partial charge is 0.481 e. The van der Waals surface area contributed by atoms with Crippen LogP contribution < -0.4 is 5.32 Å². The number of hydrogen-bond acceptors (Lipinski definition) is 3. The van der Waals surface area contributed by atoms with Gasteiger partial charge in [0.05, 0.1) is 24.0 Å². The Morgan fingerprint density at radius 3 is 2.86 bits per heavy atom. The van der Waals surface area contributed by atoms with Gasteiger partial charge in [-0.3, -0.25) is 9.78 Å². The zero-order valence-electron chi connectivity index (χ0n) is 12.2. The summed E-state index contributed by atoms with van der Waals surface area (Å²) in [4.78, 5) is 28.8. The van der Waals surface area contributed by atoms with Crippen molar-refractivity contribution in [2.75, 3.05) is 11.9 Å². The summed E-state index contributed by atoms with van der Waals surface area (Å²) in [6.07, 6.45) is 5.62. The highest BCUT2D eigenvalue weighted by molar-refractivity contribution is 5.89. The summed E-state index contributed by atoms with van der Waals surface area (Å²) in [5, 5.41) is 11.5. The number of aromatic nitrogens is 1. The van der Waals surface area contributed by atoms with Crippen LogP contribution in [-0.2, 0) is 11.2 Å². The third-order valence-corrected chi connectivity index (χ3v) is 3.77. The van der Waals surface area contributed by atoms with Crippen LogP contribution in [0.15, 0.2) is 18.3 Å². The topological polar surface area (TPSA) is 82.5 Å². The van der Waals surface area contributed by atoms with Gasteiger partial charge in [0.15, 0.2) is 0 Å². The number of amides is 2. The summed E-state index contributed by atoms with van der Waals surface area (Å²) in [5.41, 5.74) is 1.07. The molecular weight excluding hydrogens is 270 g/mol. The van der Waals surface area contributed by atoms with Gasteiger partial charge in [-0.25, -0.2) is 4.79 Å². The molecule has 0 radical (unpaired) electrons. The SMILES string of the molecule is CCC1CCCCN1C(=O)Nc1ccc(CC(=O)O)nc1. The molecule has 1 atom stereocenters. The quantitative estimate of drug-likeness (QED) is 0.893. The Balaban J connectivity index is 1.96. The predicted octanol–water partition coefficient (Wildman–Crippen LogP) is 2.51. The molecule has 1 unspecified atom stereocenters. The molecule has 1 aromatic heterocycles. The summed E-state index contributed by atoms with van der Waals surface area (Å²) in [5.74, 6) is -0.918. The van der Waals surface area contributed by atoms with E-state index in [1.807, 2.05) is 4.90 Å². The number of pyridine rings is 1. The fraction of sp³-hybridized carbons (Fsp3) is 0.533. The van der Waals surface area contributed by atoms with Gasteiger partial charge in [0.2, 0.25) is 0 Å². The molecule has 2 heterocycles. The average Bonchev–Trinajstić information content (AvgIpc) is 2.48. The van der Waals surface area contributed by atoms with E-state index in [0.29, 0.717) is 17.4 Å². The number of urea groups is 1. The van der Waals surface area contributed by atoms with Gasteiger partial charge in [0.1, 0.15) is 0 Å². The minimum atomic E-state index is -0.918. The second-order valence-corrected chi connectivity index (χ2v) is 5.29. The first-order valence-electron chi connectivity index (χ1n) is 7.34. The maximum atomic E-state index is 12.3. The fourth-order valence-corrected chi connectivity index (χ4v) is 2.65. The Bertz CT molecular complexity index is 501. The maximum absolute atomic E-state index is 12.3. The molecule has 0 aliphatic carbocycles. The molecule has 6 nitrogen and oxygen atoms in total. The van der Waals surface area contributed by atoms with Crippen LogP contribution in [0.3, 0.4) is 0 Å². The molecule has 0 bridgehead atoms. The number of likely N-dealkylation sites (tertiary alicyclic amines) is 1. The average molecular weight is 291 g/mol. The predicted molar refractivity (Wildman–Crippen MR) is 79.2 cm³/mol. The molecule has 114 valence electrons. The first kappa shape index (κ1) is 15.3. The van der Waals surface area contributed by atoms with E-state index < -0.39 is 5.97 Å². The number of carbonyl (C=O) groups is 2. The lowest BCUT2D eigenvalue weighted by Crippen LogP contribution is -2.45. The lowest BCUT2D eigenvalue weighted by atomic mass is 10.0. The molecule has 2 amide bonds. The zero-order chi connectivity index (χ0) is 15.2. The minimum Gasteiger partial charge on any atom is -0.481 e. The van der Waals surface area contributed by atoms with Crippen molar-refractivity contribution in [3.05, 3.63) is 24.0 Å². The van der Waals surface area contributed by atoms with E-state index in [4.69, 9.17) is 5.11 Å². The lowest BCUT2D eigenvalue weighted by molar-refractivity contribution is -0.136. The van der Waals surface area contributed by atoms with Gasteiger partial charge in [0, 0.05) is 12.6 Å². The number of hydrogen-bond donors (Lipinski definition) is 2. The van der Waals surface area contributed by atoms with Crippen LogP contribution in [0.2, 0.25) is 0 Å². The van der Waals surface area contributed by atoms with Crippen molar-refractivity contribution in [1.82, 2.24) is 9.88 Å². The molecule has 0 aromatic carbocycles. The van der Waals surface area contributed by atoms with Gasteiger partial charge >= 0.3 is 12.0 Å². The minimum absolute atomic E-state index is 0.102. The van der Waals surface area contributed by atoms with Gasteiger partial charge < -0.3 is 15.3 Å². The number of anilines is 1. The van der Waals surface area contributed by atoms with Gasteiger partial charge in [0.25, 0.3) is 0 Å². The number of piperidine rings is 1. The van der Waals surface area contributed by atoms with Gasteiger partial charge in [-0.15, -0.1) is 0 Å². The molecule has 2 N–H and O–H groups in total. The molecule has 1 fully saturated rings. The van der Waals surface area contributed by atoms with Crippen LogP contribution in [0.4, 0.5) is 10.5 Å². The Hall–Kier alpha value is -2.11. The van der Waals surface area contributed by atoms with Crippen molar-refractivity contribution in [3.8, 4) is 0 Å². The van der Waals surface area contributed by atoms with Crippen LogP contribution >= 0.6 is 0 Å². The first-order valence-corrected chi connectivity index (χ1v) is 7.34.